The Kier molecular flexibility index (Phi) is 5.31. The lowest BCUT2D eigenvalue weighted by molar-refractivity contribution is 0.0878. The lowest BCUT2D eigenvalue weighted by Crippen LogP contribution is -2.46. The normalized spacial score (nSPS) is 20.9. The van der Waals surface area contributed by atoms with Gasteiger partial charge >= 0.3 is 0 Å². The van der Waals surface area contributed by atoms with E-state index >= 15 is 0 Å². The summed E-state index contributed by atoms with van der Waals surface area (Å²) in [5.41, 5.74) is 3.32. The number of methoxy groups -OCH3 is 1. The monoisotopic (exact) mass is 406 g/mol. The summed E-state index contributed by atoms with van der Waals surface area (Å²) in [5, 5.41) is 0. The number of hydrogen-bond acceptors (Lipinski definition) is 6. The van der Waals surface area contributed by atoms with Crippen LogP contribution in [0.2, 0.25) is 0 Å². The number of fused-ring (bicyclic) bond motifs is 1. The number of aromatic nitrogens is 3. The van der Waals surface area contributed by atoms with Gasteiger partial charge in [-0.05, 0) is 38.1 Å². The van der Waals surface area contributed by atoms with Crippen molar-refractivity contribution in [3.63, 3.8) is 0 Å². The van der Waals surface area contributed by atoms with Crippen molar-refractivity contribution < 1.29 is 4.74 Å². The molecule has 2 fully saturated rings. The number of piperazine rings is 1. The summed E-state index contributed by atoms with van der Waals surface area (Å²) in [7, 11) is 3.89. The molecule has 2 aliphatic rings. The highest BCUT2D eigenvalue weighted by Crippen LogP contribution is 2.28. The first-order chi connectivity index (χ1) is 14.7. The van der Waals surface area contributed by atoms with E-state index in [2.05, 4.69) is 61.6 Å². The molecule has 7 nitrogen and oxygen atoms in total. The first-order valence-corrected chi connectivity index (χ1v) is 10.9. The molecule has 0 spiro atoms. The molecule has 158 valence electrons. The topological polar surface area (TPSA) is 49.1 Å². The van der Waals surface area contributed by atoms with E-state index in [-0.39, 0.29) is 6.04 Å². The smallest absolute Gasteiger partial charge is 0.217 e. The van der Waals surface area contributed by atoms with Gasteiger partial charge in [-0.3, -0.25) is 14.2 Å². The van der Waals surface area contributed by atoms with E-state index in [1.165, 1.54) is 18.7 Å². The molecule has 30 heavy (non-hydrogen) atoms. The third-order valence-corrected chi connectivity index (χ3v) is 6.43. The molecule has 2 aliphatic heterocycles. The molecule has 0 bridgehead atoms. The van der Waals surface area contributed by atoms with Crippen LogP contribution >= 0.6 is 0 Å². The molecule has 0 unspecified atom stereocenters. The van der Waals surface area contributed by atoms with Crippen molar-refractivity contribution in [1.82, 2.24) is 24.2 Å². The fraction of sp³-hybridized carbons (Fsp3) is 0.478. The average molecular weight is 407 g/mol. The van der Waals surface area contributed by atoms with Crippen LogP contribution < -0.4 is 9.64 Å². The molecular formula is C23H30N6O. The second kappa shape index (κ2) is 8.24. The number of ether oxygens (including phenoxy) is 1. The first-order valence-electron chi connectivity index (χ1n) is 10.9. The highest BCUT2D eigenvalue weighted by molar-refractivity contribution is 5.53. The van der Waals surface area contributed by atoms with Crippen LogP contribution in [0, 0.1) is 0 Å². The number of pyridine rings is 2. The number of nitrogens with zero attached hydrogens (tertiary/aromatic N) is 6. The van der Waals surface area contributed by atoms with E-state index in [4.69, 9.17) is 9.72 Å². The molecule has 2 saturated heterocycles. The van der Waals surface area contributed by atoms with Gasteiger partial charge in [0.25, 0.3) is 0 Å². The second-order valence-electron chi connectivity index (χ2n) is 8.38. The Morgan fingerprint density at radius 3 is 2.77 bits per heavy atom. The van der Waals surface area contributed by atoms with Gasteiger partial charge in [0.15, 0.2) is 0 Å². The van der Waals surface area contributed by atoms with Crippen LogP contribution in [-0.4, -0.2) is 71.0 Å². The molecule has 5 rings (SSSR count). The first kappa shape index (κ1) is 19.3. The maximum atomic E-state index is 5.45. The molecule has 0 saturated carbocycles. The van der Waals surface area contributed by atoms with Crippen molar-refractivity contribution in [3.05, 3.63) is 54.0 Å². The lowest BCUT2D eigenvalue weighted by Gasteiger charge is -2.38. The third-order valence-electron chi connectivity index (χ3n) is 6.43. The van der Waals surface area contributed by atoms with Crippen molar-refractivity contribution in [2.75, 3.05) is 51.8 Å². The predicted molar refractivity (Wildman–Crippen MR) is 118 cm³/mol. The van der Waals surface area contributed by atoms with E-state index in [0.717, 1.165) is 62.1 Å². The zero-order valence-corrected chi connectivity index (χ0v) is 17.9. The van der Waals surface area contributed by atoms with Gasteiger partial charge in [0, 0.05) is 57.2 Å². The van der Waals surface area contributed by atoms with E-state index in [9.17, 15) is 0 Å². The SMILES string of the molecule is COc1ncccc1CN1CCN(C)[C@H](c2cn3c(N4CCCC4)cccc3n2)C1. The maximum absolute atomic E-state index is 5.45. The fourth-order valence-corrected chi connectivity index (χ4v) is 4.74. The molecule has 5 heterocycles. The van der Waals surface area contributed by atoms with Gasteiger partial charge in [0.1, 0.15) is 11.5 Å². The number of rotatable bonds is 5. The molecule has 0 N–H and O–H groups in total. The van der Waals surface area contributed by atoms with E-state index < -0.39 is 0 Å². The number of hydrogen-bond donors (Lipinski definition) is 0. The van der Waals surface area contributed by atoms with Gasteiger partial charge in [-0.15, -0.1) is 0 Å². The largest absolute Gasteiger partial charge is 0.481 e. The predicted octanol–water partition coefficient (Wildman–Crippen LogP) is 2.83. The Hall–Kier alpha value is -2.64. The van der Waals surface area contributed by atoms with E-state index in [1.807, 2.05) is 6.07 Å². The Morgan fingerprint density at radius 1 is 1.07 bits per heavy atom. The highest BCUT2D eigenvalue weighted by Gasteiger charge is 2.29. The zero-order chi connectivity index (χ0) is 20.5. The number of anilines is 1. The van der Waals surface area contributed by atoms with E-state index in [0.29, 0.717) is 0 Å². The Morgan fingerprint density at radius 2 is 1.93 bits per heavy atom. The van der Waals surface area contributed by atoms with E-state index in [1.54, 1.807) is 13.3 Å². The van der Waals surface area contributed by atoms with Crippen molar-refractivity contribution >= 4 is 11.5 Å². The molecule has 0 aliphatic carbocycles. The summed E-state index contributed by atoms with van der Waals surface area (Å²) in [5.74, 6) is 1.98. The minimum Gasteiger partial charge on any atom is -0.481 e. The minimum atomic E-state index is 0.271. The average Bonchev–Trinajstić information content (AvgIpc) is 3.45. The van der Waals surface area contributed by atoms with Crippen molar-refractivity contribution in [3.8, 4) is 5.88 Å². The summed E-state index contributed by atoms with van der Waals surface area (Å²) in [4.78, 5) is 16.8. The Bertz CT molecular complexity index is 1010. The second-order valence-corrected chi connectivity index (χ2v) is 8.38. The van der Waals surface area contributed by atoms with Gasteiger partial charge in [0.2, 0.25) is 5.88 Å². The zero-order valence-electron chi connectivity index (χ0n) is 17.9. The van der Waals surface area contributed by atoms with Crippen molar-refractivity contribution in [2.24, 2.45) is 0 Å². The molecule has 0 aromatic carbocycles. The molecule has 7 heteroatoms. The van der Waals surface area contributed by atoms with Crippen LogP contribution in [-0.2, 0) is 6.54 Å². The van der Waals surface area contributed by atoms with Gasteiger partial charge < -0.3 is 9.64 Å². The quantitative estimate of drug-likeness (QED) is 0.649. The van der Waals surface area contributed by atoms with Crippen LogP contribution in [0.1, 0.15) is 30.1 Å². The number of likely N-dealkylation sites (N-methyl/N-ethyl adjacent to an activating group) is 1. The standard InChI is InChI=1S/C23H30N6O/c1-26-13-14-27(15-18-7-6-10-24-23(18)30-2)17-20(26)19-16-29-21(25-19)8-5-9-22(29)28-11-3-4-12-28/h5-10,16,20H,3-4,11-15,17H2,1-2H3/t20-/m0/s1. The fourth-order valence-electron chi connectivity index (χ4n) is 4.74. The molecule has 1 atom stereocenters. The summed E-state index contributed by atoms with van der Waals surface area (Å²) >= 11 is 0. The highest BCUT2D eigenvalue weighted by atomic mass is 16.5. The molecular weight excluding hydrogens is 376 g/mol. The van der Waals surface area contributed by atoms with Crippen LogP contribution in [0.4, 0.5) is 5.82 Å². The van der Waals surface area contributed by atoms with Crippen LogP contribution in [0.3, 0.4) is 0 Å². The summed E-state index contributed by atoms with van der Waals surface area (Å²) in [6.07, 6.45) is 6.58. The molecule has 0 amide bonds. The third kappa shape index (κ3) is 3.63. The molecule has 0 radical (unpaired) electrons. The van der Waals surface area contributed by atoms with Crippen LogP contribution in [0.25, 0.3) is 5.65 Å². The van der Waals surface area contributed by atoms with Gasteiger partial charge in [-0.25, -0.2) is 9.97 Å². The van der Waals surface area contributed by atoms with Crippen LogP contribution in [0.5, 0.6) is 5.88 Å². The number of imidazole rings is 1. The summed E-state index contributed by atoms with van der Waals surface area (Å²) < 4.78 is 7.73. The Labute approximate surface area is 177 Å². The minimum absolute atomic E-state index is 0.271. The van der Waals surface area contributed by atoms with Gasteiger partial charge in [-0.2, -0.15) is 0 Å². The van der Waals surface area contributed by atoms with Crippen LogP contribution in [0.15, 0.2) is 42.7 Å². The molecule has 3 aromatic heterocycles. The van der Waals surface area contributed by atoms with Crippen molar-refractivity contribution in [1.29, 1.82) is 0 Å². The lowest BCUT2D eigenvalue weighted by atomic mass is 10.1. The summed E-state index contributed by atoms with van der Waals surface area (Å²) in [6, 6.07) is 10.8. The Balaban J connectivity index is 1.40. The van der Waals surface area contributed by atoms with Gasteiger partial charge in [-0.1, -0.05) is 12.1 Å². The molecule has 3 aromatic rings. The van der Waals surface area contributed by atoms with Gasteiger partial charge in [0.05, 0.1) is 18.8 Å². The summed E-state index contributed by atoms with van der Waals surface area (Å²) in [6.45, 7) is 6.09. The van der Waals surface area contributed by atoms with Crippen molar-refractivity contribution in [2.45, 2.75) is 25.4 Å². The maximum Gasteiger partial charge on any atom is 0.217 e.